The minimum atomic E-state index is -0.579. The Morgan fingerprint density at radius 2 is 1.62 bits per heavy atom. The first-order chi connectivity index (χ1) is 16.2. The van der Waals surface area contributed by atoms with Gasteiger partial charge in [0.15, 0.2) is 0 Å². The van der Waals surface area contributed by atoms with Crippen LogP contribution in [-0.2, 0) is 11.2 Å². The summed E-state index contributed by atoms with van der Waals surface area (Å²) in [6, 6.07) is 18.4. The second kappa shape index (κ2) is 9.63. The van der Waals surface area contributed by atoms with E-state index in [1.807, 2.05) is 24.3 Å². The number of aliphatic imine (C=N–C) groups is 1. The Morgan fingerprint density at radius 1 is 0.941 bits per heavy atom. The standard InChI is InChI=1S/C29H31ClN2O2/c1-17(2)23-12-6-19(14-24(23)18(3)4)15-26-29(34)32(5)27-13-9-21(30)16-25(27)28(31-26)20-7-10-22(33)11-8-20/h6-14,16-18,26,33H,15H2,1-5H3. The molecule has 5 heteroatoms. The Labute approximate surface area is 206 Å². The normalized spacial score (nSPS) is 16.0. The van der Waals surface area contributed by atoms with Gasteiger partial charge in [0.2, 0.25) is 0 Å². The molecule has 1 amide bonds. The van der Waals surface area contributed by atoms with Crippen molar-refractivity contribution in [3.8, 4) is 5.75 Å². The molecule has 1 aliphatic heterocycles. The van der Waals surface area contributed by atoms with E-state index in [0.29, 0.717) is 29.0 Å². The Balaban J connectivity index is 1.82. The third kappa shape index (κ3) is 4.74. The lowest BCUT2D eigenvalue weighted by Gasteiger charge is -2.22. The van der Waals surface area contributed by atoms with Crippen LogP contribution in [0.2, 0.25) is 5.02 Å². The van der Waals surface area contributed by atoms with Crippen molar-refractivity contribution in [1.82, 2.24) is 0 Å². The highest BCUT2D eigenvalue weighted by Crippen LogP contribution is 2.32. The summed E-state index contributed by atoms with van der Waals surface area (Å²) in [5, 5.41) is 10.4. The maximum atomic E-state index is 13.6. The number of benzene rings is 3. The average Bonchev–Trinajstić information content (AvgIpc) is 2.90. The van der Waals surface area contributed by atoms with Crippen molar-refractivity contribution in [2.45, 2.75) is 52.0 Å². The van der Waals surface area contributed by atoms with Crippen molar-refractivity contribution in [2.24, 2.45) is 4.99 Å². The number of fused-ring (bicyclic) bond motifs is 1. The number of carbonyl (C=O) groups excluding carboxylic acids is 1. The second-order valence-electron chi connectivity index (χ2n) is 9.58. The number of rotatable bonds is 5. The molecule has 0 aliphatic carbocycles. The van der Waals surface area contributed by atoms with E-state index in [1.165, 1.54) is 11.1 Å². The zero-order valence-electron chi connectivity index (χ0n) is 20.3. The number of hydrogen-bond donors (Lipinski definition) is 1. The number of likely N-dealkylation sites (N-methyl/N-ethyl adjacent to an activating group) is 1. The molecule has 0 spiro atoms. The molecule has 1 unspecified atom stereocenters. The summed E-state index contributed by atoms with van der Waals surface area (Å²) in [7, 11) is 1.79. The van der Waals surface area contributed by atoms with E-state index < -0.39 is 6.04 Å². The van der Waals surface area contributed by atoms with Crippen molar-refractivity contribution in [3.63, 3.8) is 0 Å². The molecule has 3 aromatic carbocycles. The molecule has 0 bridgehead atoms. The molecule has 4 nitrogen and oxygen atoms in total. The van der Waals surface area contributed by atoms with Crippen molar-refractivity contribution >= 4 is 28.9 Å². The van der Waals surface area contributed by atoms with Crippen LogP contribution in [0.1, 0.15) is 67.3 Å². The lowest BCUT2D eigenvalue weighted by molar-refractivity contribution is -0.119. The van der Waals surface area contributed by atoms with Gasteiger partial charge in [0.1, 0.15) is 11.8 Å². The number of phenolic OH excluding ortho intramolecular Hbond substituents is 1. The van der Waals surface area contributed by atoms with Crippen LogP contribution >= 0.6 is 11.6 Å². The third-order valence-corrected chi connectivity index (χ3v) is 6.68. The van der Waals surface area contributed by atoms with Gasteiger partial charge >= 0.3 is 0 Å². The number of benzodiazepines with no additional fused rings is 1. The van der Waals surface area contributed by atoms with Crippen molar-refractivity contribution in [1.29, 1.82) is 0 Å². The van der Waals surface area contributed by atoms with E-state index in [9.17, 15) is 9.90 Å². The number of anilines is 1. The predicted octanol–water partition coefficient (Wildman–Crippen LogP) is 6.72. The Kier molecular flexibility index (Phi) is 6.81. The lowest BCUT2D eigenvalue weighted by atomic mass is 9.88. The molecule has 1 aliphatic rings. The molecule has 0 radical (unpaired) electrons. The predicted molar refractivity (Wildman–Crippen MR) is 141 cm³/mol. The van der Waals surface area contributed by atoms with Crippen LogP contribution in [-0.4, -0.2) is 29.8 Å². The molecule has 0 saturated heterocycles. The average molecular weight is 475 g/mol. The molecule has 3 aromatic rings. The summed E-state index contributed by atoms with van der Waals surface area (Å²) in [6.07, 6.45) is 0.505. The zero-order valence-corrected chi connectivity index (χ0v) is 21.1. The topological polar surface area (TPSA) is 52.9 Å². The van der Waals surface area contributed by atoms with Gasteiger partial charge in [-0.3, -0.25) is 9.79 Å². The van der Waals surface area contributed by atoms with Gasteiger partial charge in [-0.25, -0.2) is 0 Å². The van der Waals surface area contributed by atoms with Gasteiger partial charge in [-0.2, -0.15) is 0 Å². The van der Waals surface area contributed by atoms with E-state index in [4.69, 9.17) is 16.6 Å². The first kappa shape index (κ1) is 24.0. The van der Waals surface area contributed by atoms with Gasteiger partial charge in [0.25, 0.3) is 5.91 Å². The van der Waals surface area contributed by atoms with E-state index in [0.717, 1.165) is 22.4 Å². The largest absolute Gasteiger partial charge is 0.508 e. The van der Waals surface area contributed by atoms with Gasteiger partial charge in [-0.1, -0.05) is 57.5 Å². The number of carbonyl (C=O) groups is 1. The van der Waals surface area contributed by atoms with Gasteiger partial charge < -0.3 is 10.0 Å². The quantitative estimate of drug-likeness (QED) is 0.446. The summed E-state index contributed by atoms with van der Waals surface area (Å²) in [4.78, 5) is 20.2. The molecular weight excluding hydrogens is 444 g/mol. The summed E-state index contributed by atoms with van der Waals surface area (Å²) in [5.74, 6) is 0.958. The van der Waals surface area contributed by atoms with Crippen molar-refractivity contribution in [3.05, 3.63) is 93.5 Å². The van der Waals surface area contributed by atoms with Crippen LogP contribution in [0.25, 0.3) is 0 Å². The number of amides is 1. The monoisotopic (exact) mass is 474 g/mol. The Bertz CT molecular complexity index is 1250. The van der Waals surface area contributed by atoms with E-state index in [1.54, 1.807) is 30.1 Å². The summed E-state index contributed by atoms with van der Waals surface area (Å²) >= 11 is 6.35. The number of aromatic hydroxyl groups is 1. The Hall–Kier alpha value is -3.11. The smallest absolute Gasteiger partial charge is 0.251 e. The SMILES string of the molecule is CC(C)c1ccc(CC2N=C(c3ccc(O)cc3)c3cc(Cl)ccc3N(C)C2=O)cc1C(C)C. The van der Waals surface area contributed by atoms with Crippen LogP contribution in [0.5, 0.6) is 5.75 Å². The molecule has 1 heterocycles. The highest BCUT2D eigenvalue weighted by Gasteiger charge is 2.30. The van der Waals surface area contributed by atoms with E-state index in [2.05, 4.69) is 45.9 Å². The highest BCUT2D eigenvalue weighted by molar-refractivity contribution is 6.32. The van der Waals surface area contributed by atoms with Crippen LogP contribution in [0.15, 0.2) is 65.7 Å². The van der Waals surface area contributed by atoms with Crippen LogP contribution in [0.4, 0.5) is 5.69 Å². The maximum Gasteiger partial charge on any atom is 0.251 e. The summed E-state index contributed by atoms with van der Waals surface area (Å²) < 4.78 is 0. The summed E-state index contributed by atoms with van der Waals surface area (Å²) in [6.45, 7) is 8.83. The molecule has 0 aromatic heterocycles. The zero-order chi connectivity index (χ0) is 24.6. The maximum absolute atomic E-state index is 13.6. The lowest BCUT2D eigenvalue weighted by Crippen LogP contribution is -2.36. The molecular formula is C29H31ClN2O2. The van der Waals surface area contributed by atoms with E-state index >= 15 is 0 Å². The minimum Gasteiger partial charge on any atom is -0.508 e. The molecule has 176 valence electrons. The molecule has 0 saturated carbocycles. The Morgan fingerprint density at radius 3 is 2.26 bits per heavy atom. The fourth-order valence-corrected chi connectivity index (χ4v) is 4.77. The van der Waals surface area contributed by atoms with Gasteiger partial charge in [0, 0.05) is 29.6 Å². The number of hydrogen-bond acceptors (Lipinski definition) is 3. The number of halogens is 1. The summed E-state index contributed by atoms with van der Waals surface area (Å²) in [5.41, 5.74) is 6.85. The first-order valence-corrected chi connectivity index (χ1v) is 12.1. The van der Waals surface area contributed by atoms with Gasteiger partial charge in [-0.15, -0.1) is 0 Å². The minimum absolute atomic E-state index is 0.0589. The van der Waals surface area contributed by atoms with Crippen LogP contribution < -0.4 is 4.90 Å². The van der Waals surface area contributed by atoms with Crippen LogP contribution in [0.3, 0.4) is 0 Å². The van der Waals surface area contributed by atoms with Crippen molar-refractivity contribution < 1.29 is 9.90 Å². The first-order valence-electron chi connectivity index (χ1n) is 11.7. The number of nitrogens with zero attached hydrogens (tertiary/aromatic N) is 2. The van der Waals surface area contributed by atoms with E-state index in [-0.39, 0.29) is 11.7 Å². The fourth-order valence-electron chi connectivity index (χ4n) is 4.60. The number of phenols is 1. The molecule has 4 rings (SSSR count). The highest BCUT2D eigenvalue weighted by atomic mass is 35.5. The fraction of sp³-hybridized carbons (Fsp3) is 0.310. The second-order valence-corrected chi connectivity index (χ2v) is 10.0. The third-order valence-electron chi connectivity index (χ3n) is 6.44. The molecule has 0 fully saturated rings. The van der Waals surface area contributed by atoms with Crippen molar-refractivity contribution in [2.75, 3.05) is 11.9 Å². The molecule has 34 heavy (non-hydrogen) atoms. The van der Waals surface area contributed by atoms with Gasteiger partial charge in [0.05, 0.1) is 11.4 Å². The van der Waals surface area contributed by atoms with Gasteiger partial charge in [-0.05, 0) is 71.0 Å². The molecule has 1 atom stereocenters. The molecule has 1 N–H and O–H groups in total. The van der Waals surface area contributed by atoms with Crippen LogP contribution in [0, 0.1) is 0 Å².